The van der Waals surface area contributed by atoms with Gasteiger partial charge in [-0.05, 0) is 25.1 Å². The number of carbonyl (C=O) groups is 1. The first-order chi connectivity index (χ1) is 9.43. The first kappa shape index (κ1) is 16.3. The number of thiocarbonyl (C=S) groups is 1. The highest BCUT2D eigenvalue weighted by atomic mass is 32.1. The summed E-state index contributed by atoms with van der Waals surface area (Å²) in [7, 11) is 0. The summed E-state index contributed by atoms with van der Waals surface area (Å²) in [6.07, 6.45) is 0.419. The molecule has 0 aliphatic carbocycles. The van der Waals surface area contributed by atoms with Crippen molar-refractivity contribution >= 4 is 23.1 Å². The minimum atomic E-state index is -2.92. The molecule has 1 aromatic carbocycles. The molecule has 0 fully saturated rings. The van der Waals surface area contributed by atoms with Crippen LogP contribution in [0.25, 0.3) is 0 Å². The van der Waals surface area contributed by atoms with Crippen molar-refractivity contribution in [2.24, 2.45) is 5.73 Å². The quantitative estimate of drug-likeness (QED) is 0.786. The van der Waals surface area contributed by atoms with Crippen LogP contribution >= 0.6 is 12.2 Å². The van der Waals surface area contributed by atoms with Crippen LogP contribution in [0.3, 0.4) is 0 Å². The van der Waals surface area contributed by atoms with Crippen LogP contribution in [0, 0.1) is 0 Å². The van der Waals surface area contributed by atoms with Gasteiger partial charge in [0.15, 0.2) is 0 Å². The number of hydrogen-bond acceptors (Lipinski definition) is 3. The van der Waals surface area contributed by atoms with E-state index in [1.165, 1.54) is 18.2 Å². The zero-order valence-corrected chi connectivity index (χ0v) is 11.8. The first-order valence-corrected chi connectivity index (χ1v) is 6.47. The Balaban J connectivity index is 2.81. The summed E-state index contributed by atoms with van der Waals surface area (Å²) >= 11 is 4.77. The molecular weight excluding hydrogens is 286 g/mol. The van der Waals surface area contributed by atoms with Crippen molar-refractivity contribution in [3.63, 3.8) is 0 Å². The van der Waals surface area contributed by atoms with Crippen LogP contribution in [-0.2, 0) is 0 Å². The van der Waals surface area contributed by atoms with E-state index in [4.69, 9.17) is 18.0 Å². The average Bonchev–Trinajstić information content (AvgIpc) is 2.38. The van der Waals surface area contributed by atoms with Crippen molar-refractivity contribution in [1.29, 1.82) is 0 Å². The first-order valence-electron chi connectivity index (χ1n) is 6.06. The van der Waals surface area contributed by atoms with E-state index in [0.29, 0.717) is 24.5 Å². The minimum Gasteiger partial charge on any atom is -0.435 e. The highest BCUT2D eigenvalue weighted by Crippen LogP contribution is 2.17. The Morgan fingerprint density at radius 3 is 2.75 bits per heavy atom. The number of hydrogen-bond donors (Lipinski definition) is 1. The van der Waals surface area contributed by atoms with E-state index < -0.39 is 6.61 Å². The maximum Gasteiger partial charge on any atom is 0.387 e. The van der Waals surface area contributed by atoms with Crippen molar-refractivity contribution in [2.75, 3.05) is 13.1 Å². The van der Waals surface area contributed by atoms with Crippen LogP contribution in [0.5, 0.6) is 5.75 Å². The second-order valence-electron chi connectivity index (χ2n) is 4.01. The maximum absolute atomic E-state index is 12.2. The molecule has 0 aliphatic heterocycles. The van der Waals surface area contributed by atoms with Crippen molar-refractivity contribution < 1.29 is 18.3 Å². The third-order valence-corrected chi connectivity index (χ3v) is 2.81. The molecule has 0 spiro atoms. The molecular formula is C13H16F2N2O2S. The zero-order chi connectivity index (χ0) is 15.1. The Bertz CT molecular complexity index is 483. The predicted molar refractivity (Wildman–Crippen MR) is 76.1 cm³/mol. The topological polar surface area (TPSA) is 55.6 Å². The van der Waals surface area contributed by atoms with E-state index in [2.05, 4.69) is 4.74 Å². The molecule has 0 unspecified atom stereocenters. The molecule has 0 saturated heterocycles. The lowest BCUT2D eigenvalue weighted by Gasteiger charge is -2.20. The Morgan fingerprint density at radius 1 is 1.50 bits per heavy atom. The molecule has 0 saturated carbocycles. The molecule has 0 atom stereocenters. The molecule has 0 heterocycles. The van der Waals surface area contributed by atoms with Crippen molar-refractivity contribution in [3.8, 4) is 5.75 Å². The van der Waals surface area contributed by atoms with Gasteiger partial charge in [-0.2, -0.15) is 8.78 Å². The summed E-state index contributed by atoms with van der Waals surface area (Å²) in [5.41, 5.74) is 5.69. The van der Waals surface area contributed by atoms with Gasteiger partial charge in [0, 0.05) is 25.1 Å². The van der Waals surface area contributed by atoms with Gasteiger partial charge in [0.2, 0.25) is 0 Å². The van der Waals surface area contributed by atoms with Crippen LogP contribution in [0.4, 0.5) is 8.78 Å². The number of nitrogens with two attached hydrogens (primary N) is 1. The van der Waals surface area contributed by atoms with Gasteiger partial charge in [-0.25, -0.2) is 0 Å². The Morgan fingerprint density at radius 2 is 2.20 bits per heavy atom. The van der Waals surface area contributed by atoms with Crippen LogP contribution in [0.2, 0.25) is 0 Å². The van der Waals surface area contributed by atoms with Crippen molar-refractivity contribution in [1.82, 2.24) is 4.90 Å². The SMILES string of the molecule is CCN(CCC(N)=S)C(=O)c1cccc(OC(F)F)c1. The highest BCUT2D eigenvalue weighted by molar-refractivity contribution is 7.80. The van der Waals surface area contributed by atoms with Gasteiger partial charge >= 0.3 is 6.61 Å². The number of alkyl halides is 2. The van der Waals surface area contributed by atoms with Gasteiger partial charge in [0.1, 0.15) is 5.75 Å². The second kappa shape index (κ2) is 7.74. The fraction of sp³-hybridized carbons (Fsp3) is 0.385. The van der Waals surface area contributed by atoms with Crippen molar-refractivity contribution in [3.05, 3.63) is 29.8 Å². The number of nitrogens with zero attached hydrogens (tertiary/aromatic N) is 1. The van der Waals surface area contributed by atoms with E-state index in [0.717, 1.165) is 0 Å². The maximum atomic E-state index is 12.2. The number of rotatable bonds is 7. The largest absolute Gasteiger partial charge is 0.435 e. The summed E-state index contributed by atoms with van der Waals surface area (Å²) in [4.78, 5) is 14.1. The third kappa shape index (κ3) is 5.08. The smallest absolute Gasteiger partial charge is 0.387 e. The molecule has 4 nitrogen and oxygen atoms in total. The third-order valence-electron chi connectivity index (χ3n) is 2.60. The fourth-order valence-corrected chi connectivity index (χ4v) is 1.73. The average molecular weight is 302 g/mol. The zero-order valence-electron chi connectivity index (χ0n) is 11.0. The molecule has 1 rings (SSSR count). The standard InChI is InChI=1S/C13H16F2N2O2S/c1-2-17(7-6-11(16)20)12(18)9-4-3-5-10(8-9)19-13(14)15/h3-5,8,13H,2,6-7H2,1H3,(H2,16,20). The van der Waals surface area contributed by atoms with Crippen molar-refractivity contribution in [2.45, 2.75) is 20.0 Å². The molecule has 7 heteroatoms. The van der Waals surface area contributed by atoms with Crippen LogP contribution in [-0.4, -0.2) is 35.5 Å². The number of benzene rings is 1. The molecule has 0 aliphatic rings. The lowest BCUT2D eigenvalue weighted by atomic mass is 10.2. The lowest BCUT2D eigenvalue weighted by Crippen LogP contribution is -2.33. The number of ether oxygens (including phenoxy) is 1. The highest BCUT2D eigenvalue weighted by Gasteiger charge is 2.15. The summed E-state index contributed by atoms with van der Waals surface area (Å²) in [5.74, 6) is -0.320. The van der Waals surface area contributed by atoms with E-state index in [9.17, 15) is 13.6 Å². The van der Waals surface area contributed by atoms with Crippen LogP contribution < -0.4 is 10.5 Å². The van der Waals surface area contributed by atoms with E-state index in [-0.39, 0.29) is 17.2 Å². The molecule has 20 heavy (non-hydrogen) atoms. The van der Waals surface area contributed by atoms with Gasteiger partial charge in [0.05, 0.1) is 4.99 Å². The van der Waals surface area contributed by atoms with Crippen LogP contribution in [0.15, 0.2) is 24.3 Å². The lowest BCUT2D eigenvalue weighted by molar-refractivity contribution is -0.0499. The number of carbonyl (C=O) groups excluding carboxylic acids is 1. The molecule has 1 aromatic rings. The second-order valence-corrected chi connectivity index (χ2v) is 4.53. The summed E-state index contributed by atoms with van der Waals surface area (Å²) in [6.45, 7) is -0.236. The monoisotopic (exact) mass is 302 g/mol. The predicted octanol–water partition coefficient (Wildman–Crippen LogP) is 2.43. The molecule has 0 radical (unpaired) electrons. The van der Waals surface area contributed by atoms with E-state index >= 15 is 0 Å². The molecule has 110 valence electrons. The van der Waals surface area contributed by atoms with Gasteiger partial charge in [0.25, 0.3) is 5.91 Å². The normalized spacial score (nSPS) is 10.4. The van der Waals surface area contributed by atoms with Gasteiger partial charge < -0.3 is 15.4 Å². The number of halogens is 2. The van der Waals surface area contributed by atoms with Crippen LogP contribution in [0.1, 0.15) is 23.7 Å². The van der Waals surface area contributed by atoms with E-state index in [1.807, 2.05) is 6.92 Å². The van der Waals surface area contributed by atoms with Gasteiger partial charge in [-0.15, -0.1) is 0 Å². The van der Waals surface area contributed by atoms with E-state index in [1.54, 1.807) is 11.0 Å². The molecule has 0 bridgehead atoms. The Kier molecular flexibility index (Phi) is 6.30. The number of amides is 1. The van der Waals surface area contributed by atoms with Gasteiger partial charge in [-0.3, -0.25) is 4.79 Å². The minimum absolute atomic E-state index is 0.0451. The molecule has 2 N–H and O–H groups in total. The summed E-state index contributed by atoms with van der Waals surface area (Å²) < 4.78 is 28.6. The summed E-state index contributed by atoms with van der Waals surface area (Å²) in [6, 6.07) is 5.70. The molecule has 1 amide bonds. The van der Waals surface area contributed by atoms with Gasteiger partial charge in [-0.1, -0.05) is 18.3 Å². The molecule has 0 aromatic heterocycles. The fourth-order valence-electron chi connectivity index (χ4n) is 1.64. The Labute approximate surface area is 121 Å². The summed E-state index contributed by atoms with van der Waals surface area (Å²) in [5, 5.41) is 0. The Hall–Kier alpha value is -1.76.